The molecule has 2 rings (SSSR count). The van der Waals surface area contributed by atoms with Gasteiger partial charge in [0.1, 0.15) is 5.75 Å². The first-order valence-corrected chi connectivity index (χ1v) is 5.17. The molecule has 1 fully saturated rings. The molecule has 1 saturated carbocycles. The molecular formula is C12H18MgO. The second-order valence-corrected chi connectivity index (χ2v) is 3.69. The second kappa shape index (κ2) is 6.30. The molecule has 0 aliphatic heterocycles. The van der Waals surface area contributed by atoms with Gasteiger partial charge in [0.15, 0.2) is 0 Å². The summed E-state index contributed by atoms with van der Waals surface area (Å²) >= 11 is 0. The van der Waals surface area contributed by atoms with Gasteiger partial charge in [0, 0.05) is 0 Å². The van der Waals surface area contributed by atoms with Gasteiger partial charge < -0.3 is 7.59 Å². The Kier molecular flexibility index (Phi) is 5.34. The number of ether oxygens (including phenoxy) is 1. The molecule has 0 aromatic heterocycles. The molecule has 1 aliphatic carbocycles. The zero-order chi connectivity index (χ0) is 8.93. The Hall–Kier alpha value is -0.214. The first kappa shape index (κ1) is 11.9. The van der Waals surface area contributed by atoms with Gasteiger partial charge in [-0.3, -0.25) is 0 Å². The molecule has 0 unspecified atom stereocenters. The minimum atomic E-state index is 0. The molecule has 1 aliphatic rings. The SMILES string of the molecule is [H-].[H-].[Mg+2].c1ccc(OC2CCCCC2)cc1. The molecule has 0 saturated heterocycles. The number of para-hydroxylation sites is 1. The van der Waals surface area contributed by atoms with Gasteiger partial charge in [0.2, 0.25) is 0 Å². The number of hydrogen-bond donors (Lipinski definition) is 0. The molecule has 0 atom stereocenters. The van der Waals surface area contributed by atoms with E-state index in [1.165, 1.54) is 32.1 Å². The van der Waals surface area contributed by atoms with E-state index in [0.717, 1.165) is 5.75 Å². The predicted molar refractivity (Wildman–Crippen MR) is 61.9 cm³/mol. The van der Waals surface area contributed by atoms with Crippen LogP contribution in [0.1, 0.15) is 35.0 Å². The standard InChI is InChI=1S/C12H16O.Mg.2H/c1-3-7-11(8-4-1)13-12-9-5-2-6-10-12;;;/h1,3-4,7-8,12H,2,5-6,9-10H2;;;/q;+2;2*-1. The molecule has 2 heteroatoms. The third-order valence-corrected chi connectivity index (χ3v) is 2.60. The molecule has 74 valence electrons. The van der Waals surface area contributed by atoms with E-state index in [-0.39, 0.29) is 25.9 Å². The summed E-state index contributed by atoms with van der Waals surface area (Å²) in [4.78, 5) is 0. The summed E-state index contributed by atoms with van der Waals surface area (Å²) in [6.07, 6.45) is 6.98. The zero-order valence-electron chi connectivity index (χ0n) is 10.6. The minimum Gasteiger partial charge on any atom is -1.00 e. The molecule has 0 heterocycles. The van der Waals surface area contributed by atoms with E-state index in [4.69, 9.17) is 4.74 Å². The fourth-order valence-electron chi connectivity index (χ4n) is 1.87. The van der Waals surface area contributed by atoms with Gasteiger partial charge in [0.05, 0.1) is 6.10 Å². The van der Waals surface area contributed by atoms with Gasteiger partial charge in [-0.15, -0.1) is 0 Å². The number of hydrogen-bond acceptors (Lipinski definition) is 1. The maximum Gasteiger partial charge on any atom is 2.00 e. The average molecular weight is 203 g/mol. The zero-order valence-corrected chi connectivity index (χ0v) is 10.0. The molecule has 14 heavy (non-hydrogen) atoms. The van der Waals surface area contributed by atoms with E-state index in [1.807, 2.05) is 30.3 Å². The third-order valence-electron chi connectivity index (χ3n) is 2.60. The number of rotatable bonds is 2. The Bertz CT molecular complexity index is 250. The van der Waals surface area contributed by atoms with Crippen molar-refractivity contribution in [2.75, 3.05) is 0 Å². The molecule has 0 amide bonds. The monoisotopic (exact) mass is 202 g/mol. The summed E-state index contributed by atoms with van der Waals surface area (Å²) in [5, 5.41) is 0. The van der Waals surface area contributed by atoms with Crippen LogP contribution in [-0.4, -0.2) is 29.2 Å². The second-order valence-electron chi connectivity index (χ2n) is 3.69. The summed E-state index contributed by atoms with van der Waals surface area (Å²) < 4.78 is 5.86. The van der Waals surface area contributed by atoms with Gasteiger partial charge in [-0.1, -0.05) is 24.6 Å². The van der Waals surface area contributed by atoms with Crippen LogP contribution in [0.3, 0.4) is 0 Å². The van der Waals surface area contributed by atoms with E-state index in [2.05, 4.69) is 0 Å². The largest absolute Gasteiger partial charge is 2.00 e. The average Bonchev–Trinajstić information content (AvgIpc) is 2.21. The van der Waals surface area contributed by atoms with Crippen molar-refractivity contribution < 1.29 is 7.59 Å². The Balaban J connectivity index is 0. The quantitative estimate of drug-likeness (QED) is 0.669. The Morgan fingerprint density at radius 1 is 1.00 bits per heavy atom. The van der Waals surface area contributed by atoms with Crippen molar-refractivity contribution in [3.63, 3.8) is 0 Å². The smallest absolute Gasteiger partial charge is 1.00 e. The van der Waals surface area contributed by atoms with Gasteiger partial charge >= 0.3 is 23.1 Å². The Morgan fingerprint density at radius 2 is 1.64 bits per heavy atom. The van der Waals surface area contributed by atoms with E-state index < -0.39 is 0 Å². The Labute approximate surface area is 105 Å². The molecule has 1 aromatic carbocycles. The van der Waals surface area contributed by atoms with Crippen LogP contribution in [0.25, 0.3) is 0 Å². The predicted octanol–water partition coefficient (Wildman–Crippen LogP) is 3.24. The van der Waals surface area contributed by atoms with Crippen LogP contribution in [0.2, 0.25) is 0 Å². The van der Waals surface area contributed by atoms with Crippen molar-refractivity contribution >= 4 is 23.1 Å². The van der Waals surface area contributed by atoms with Crippen molar-refractivity contribution in [1.29, 1.82) is 0 Å². The van der Waals surface area contributed by atoms with Crippen LogP contribution < -0.4 is 4.74 Å². The third kappa shape index (κ3) is 3.50. The van der Waals surface area contributed by atoms with Gasteiger partial charge in [0.25, 0.3) is 0 Å². The van der Waals surface area contributed by atoms with Gasteiger partial charge in [-0.2, -0.15) is 0 Å². The van der Waals surface area contributed by atoms with Crippen molar-refractivity contribution in [2.45, 2.75) is 38.2 Å². The number of benzene rings is 1. The summed E-state index contributed by atoms with van der Waals surface area (Å²) in [7, 11) is 0. The van der Waals surface area contributed by atoms with Crippen LogP contribution in [0.5, 0.6) is 5.75 Å². The topological polar surface area (TPSA) is 9.23 Å². The normalized spacial score (nSPS) is 17.1. The van der Waals surface area contributed by atoms with Crippen molar-refractivity contribution in [1.82, 2.24) is 0 Å². The van der Waals surface area contributed by atoms with Gasteiger partial charge in [-0.25, -0.2) is 0 Å². The summed E-state index contributed by atoms with van der Waals surface area (Å²) in [6, 6.07) is 10.1. The summed E-state index contributed by atoms with van der Waals surface area (Å²) in [5.41, 5.74) is 0. The van der Waals surface area contributed by atoms with Crippen molar-refractivity contribution in [2.24, 2.45) is 0 Å². The molecule has 1 nitrogen and oxygen atoms in total. The summed E-state index contributed by atoms with van der Waals surface area (Å²) in [5.74, 6) is 1.02. The first-order valence-electron chi connectivity index (χ1n) is 5.17. The minimum absolute atomic E-state index is 0. The summed E-state index contributed by atoms with van der Waals surface area (Å²) in [6.45, 7) is 0. The molecular weight excluding hydrogens is 184 g/mol. The fraction of sp³-hybridized carbons (Fsp3) is 0.500. The maximum atomic E-state index is 5.86. The molecule has 1 aromatic rings. The van der Waals surface area contributed by atoms with Crippen LogP contribution in [0.15, 0.2) is 30.3 Å². The molecule has 0 bridgehead atoms. The van der Waals surface area contributed by atoms with Crippen molar-refractivity contribution in [3.05, 3.63) is 30.3 Å². The molecule has 0 spiro atoms. The van der Waals surface area contributed by atoms with Crippen molar-refractivity contribution in [3.8, 4) is 5.75 Å². The van der Waals surface area contributed by atoms with Gasteiger partial charge in [-0.05, 0) is 37.8 Å². The van der Waals surface area contributed by atoms with Crippen LogP contribution in [0.4, 0.5) is 0 Å². The molecule has 0 radical (unpaired) electrons. The van der Waals surface area contributed by atoms with Crippen LogP contribution in [-0.2, 0) is 0 Å². The van der Waals surface area contributed by atoms with Crippen LogP contribution >= 0.6 is 0 Å². The van der Waals surface area contributed by atoms with E-state index in [1.54, 1.807) is 0 Å². The van der Waals surface area contributed by atoms with E-state index >= 15 is 0 Å². The fourth-order valence-corrected chi connectivity index (χ4v) is 1.87. The Morgan fingerprint density at radius 3 is 2.29 bits per heavy atom. The van der Waals surface area contributed by atoms with E-state index in [0.29, 0.717) is 6.10 Å². The maximum absolute atomic E-state index is 5.86. The van der Waals surface area contributed by atoms with E-state index in [9.17, 15) is 0 Å². The van der Waals surface area contributed by atoms with Crippen LogP contribution in [0, 0.1) is 0 Å². The first-order chi connectivity index (χ1) is 6.45. The molecule has 0 N–H and O–H groups in total.